The van der Waals surface area contributed by atoms with Crippen LogP contribution in [0, 0.1) is 13.8 Å². The van der Waals surface area contributed by atoms with Crippen LogP contribution in [0.3, 0.4) is 0 Å². The predicted octanol–water partition coefficient (Wildman–Crippen LogP) is 5.43. The maximum absolute atomic E-state index is 12.8. The summed E-state index contributed by atoms with van der Waals surface area (Å²) < 4.78 is 33.8. The summed E-state index contributed by atoms with van der Waals surface area (Å²) in [5.41, 5.74) is 3.31. The summed E-state index contributed by atoms with van der Waals surface area (Å²) in [5, 5.41) is 2.50. The van der Waals surface area contributed by atoms with E-state index in [1.165, 1.54) is 6.07 Å². The normalized spacial score (nSPS) is 14.3. The van der Waals surface area contributed by atoms with Crippen LogP contribution in [0.25, 0.3) is 10.8 Å². The maximum Gasteiger partial charge on any atom is 0.264 e. The molecular weight excluding hydrogens is 546 g/mol. The van der Waals surface area contributed by atoms with Crippen LogP contribution >= 0.6 is 11.6 Å². The summed E-state index contributed by atoms with van der Waals surface area (Å²) in [6, 6.07) is 23.3. The molecule has 0 aliphatic carbocycles. The quantitative estimate of drug-likeness (QED) is 0.301. The smallest absolute Gasteiger partial charge is 0.264 e. The minimum atomic E-state index is -4.00. The van der Waals surface area contributed by atoms with Gasteiger partial charge in [-0.3, -0.25) is 9.69 Å². The Labute approximate surface area is 240 Å². The number of nitrogens with zero attached hydrogens (tertiary/aromatic N) is 2. The zero-order chi connectivity index (χ0) is 28.3. The second kappa shape index (κ2) is 11.9. The minimum absolute atomic E-state index is 0.0536. The van der Waals surface area contributed by atoms with E-state index in [0.717, 1.165) is 71.1 Å². The van der Waals surface area contributed by atoms with E-state index in [9.17, 15) is 13.2 Å². The number of halogens is 1. The molecule has 0 aromatic heterocycles. The number of carbonyl (C=O) groups excluding carboxylic acids is 1. The van der Waals surface area contributed by atoms with Gasteiger partial charge >= 0.3 is 0 Å². The number of benzene rings is 4. The number of amides is 1. The highest BCUT2D eigenvalue weighted by molar-refractivity contribution is 7.90. The largest absolute Gasteiger partial charge is 0.492 e. The Kier molecular flexibility index (Phi) is 8.30. The van der Waals surface area contributed by atoms with Gasteiger partial charge in [0.15, 0.2) is 0 Å². The molecule has 0 saturated carbocycles. The molecule has 9 heteroatoms. The molecule has 7 nitrogen and oxygen atoms in total. The van der Waals surface area contributed by atoms with Crippen molar-refractivity contribution in [3.05, 3.63) is 101 Å². The molecule has 0 bridgehead atoms. The fourth-order valence-electron chi connectivity index (χ4n) is 4.91. The molecular formula is C31H32ClN3O4S. The minimum Gasteiger partial charge on any atom is -0.492 e. The molecule has 1 aliphatic heterocycles. The molecule has 208 valence electrons. The summed E-state index contributed by atoms with van der Waals surface area (Å²) in [4.78, 5) is 17.4. The number of aryl methyl sites for hydroxylation is 2. The van der Waals surface area contributed by atoms with E-state index in [4.69, 9.17) is 16.3 Å². The fraction of sp³-hybridized carbons (Fsp3) is 0.258. The molecule has 1 heterocycles. The Morgan fingerprint density at radius 3 is 2.20 bits per heavy atom. The Balaban J connectivity index is 1.12. The molecule has 40 heavy (non-hydrogen) atoms. The van der Waals surface area contributed by atoms with Crippen LogP contribution in [0.1, 0.15) is 21.5 Å². The van der Waals surface area contributed by atoms with Crippen molar-refractivity contribution >= 4 is 44.0 Å². The zero-order valence-electron chi connectivity index (χ0n) is 22.6. The van der Waals surface area contributed by atoms with Crippen molar-refractivity contribution in [2.24, 2.45) is 0 Å². The molecule has 0 spiro atoms. The highest BCUT2D eigenvalue weighted by Crippen LogP contribution is 2.26. The molecule has 1 saturated heterocycles. The SMILES string of the molecule is Cc1cc(OCCN2CCN(c3ccc(C(=O)NS(=O)(=O)c4ccc5ccccc5c4)cc3)CC2)cc(C)c1Cl. The number of fused-ring (bicyclic) bond motifs is 1. The van der Waals surface area contributed by atoms with Gasteiger partial charge in [0, 0.05) is 49.0 Å². The monoisotopic (exact) mass is 577 g/mol. The van der Waals surface area contributed by atoms with Gasteiger partial charge in [-0.25, -0.2) is 13.1 Å². The first kappa shape index (κ1) is 28.0. The van der Waals surface area contributed by atoms with Crippen molar-refractivity contribution < 1.29 is 17.9 Å². The molecule has 0 atom stereocenters. The molecule has 1 N–H and O–H groups in total. The Bertz CT molecular complexity index is 1610. The summed E-state index contributed by atoms with van der Waals surface area (Å²) in [7, 11) is -4.00. The van der Waals surface area contributed by atoms with Crippen molar-refractivity contribution in [3.8, 4) is 5.75 Å². The van der Waals surface area contributed by atoms with E-state index >= 15 is 0 Å². The second-order valence-corrected chi connectivity index (χ2v) is 12.1. The van der Waals surface area contributed by atoms with Gasteiger partial charge in [0.1, 0.15) is 12.4 Å². The maximum atomic E-state index is 12.8. The number of hydrogen-bond donors (Lipinski definition) is 1. The Morgan fingerprint density at radius 2 is 1.52 bits per heavy atom. The van der Waals surface area contributed by atoms with Gasteiger partial charge in [0.25, 0.3) is 15.9 Å². The molecule has 0 radical (unpaired) electrons. The van der Waals surface area contributed by atoms with Gasteiger partial charge in [-0.1, -0.05) is 41.9 Å². The second-order valence-electron chi connectivity index (χ2n) is 10.0. The van der Waals surface area contributed by atoms with Gasteiger partial charge in [-0.15, -0.1) is 0 Å². The van der Waals surface area contributed by atoms with Gasteiger partial charge in [-0.05, 0) is 84.3 Å². The number of ether oxygens (including phenoxy) is 1. The lowest BCUT2D eigenvalue weighted by molar-refractivity contribution is 0.0981. The van der Waals surface area contributed by atoms with E-state index in [0.29, 0.717) is 6.61 Å². The molecule has 4 aromatic rings. The average Bonchev–Trinajstić information content (AvgIpc) is 2.96. The number of rotatable bonds is 8. The van der Waals surface area contributed by atoms with Crippen LogP contribution in [-0.4, -0.2) is 58.6 Å². The van der Waals surface area contributed by atoms with E-state index in [1.807, 2.05) is 62.4 Å². The van der Waals surface area contributed by atoms with Crippen LogP contribution in [-0.2, 0) is 10.0 Å². The lowest BCUT2D eigenvalue weighted by Crippen LogP contribution is -2.47. The first-order chi connectivity index (χ1) is 19.2. The van der Waals surface area contributed by atoms with Crippen molar-refractivity contribution in [1.29, 1.82) is 0 Å². The summed E-state index contributed by atoms with van der Waals surface area (Å²) >= 11 is 6.25. The lowest BCUT2D eigenvalue weighted by atomic mass is 10.1. The number of carbonyl (C=O) groups is 1. The number of anilines is 1. The van der Waals surface area contributed by atoms with Crippen molar-refractivity contribution in [2.45, 2.75) is 18.7 Å². The molecule has 0 unspecified atom stereocenters. The van der Waals surface area contributed by atoms with Crippen LogP contribution in [0.2, 0.25) is 5.02 Å². The Morgan fingerprint density at radius 1 is 0.875 bits per heavy atom. The summed E-state index contributed by atoms with van der Waals surface area (Å²) in [5.74, 6) is 0.183. The van der Waals surface area contributed by atoms with Crippen molar-refractivity contribution in [3.63, 3.8) is 0 Å². The van der Waals surface area contributed by atoms with Gasteiger partial charge in [-0.2, -0.15) is 0 Å². The summed E-state index contributed by atoms with van der Waals surface area (Å²) in [6.45, 7) is 8.89. The summed E-state index contributed by atoms with van der Waals surface area (Å²) in [6.07, 6.45) is 0. The van der Waals surface area contributed by atoms with Crippen LogP contribution in [0.4, 0.5) is 5.69 Å². The van der Waals surface area contributed by atoms with Crippen molar-refractivity contribution in [1.82, 2.24) is 9.62 Å². The van der Waals surface area contributed by atoms with E-state index in [-0.39, 0.29) is 10.5 Å². The topological polar surface area (TPSA) is 79.0 Å². The fourth-order valence-corrected chi connectivity index (χ4v) is 6.03. The number of sulfonamides is 1. The first-order valence-corrected chi connectivity index (χ1v) is 15.1. The van der Waals surface area contributed by atoms with Gasteiger partial charge < -0.3 is 9.64 Å². The average molecular weight is 578 g/mol. The van der Waals surface area contributed by atoms with E-state index < -0.39 is 15.9 Å². The molecule has 1 fully saturated rings. The highest BCUT2D eigenvalue weighted by atomic mass is 35.5. The van der Waals surface area contributed by atoms with Gasteiger partial charge in [0.05, 0.1) is 4.90 Å². The van der Waals surface area contributed by atoms with Gasteiger partial charge in [0.2, 0.25) is 0 Å². The molecule has 5 rings (SSSR count). The zero-order valence-corrected chi connectivity index (χ0v) is 24.1. The third-order valence-electron chi connectivity index (χ3n) is 7.21. The lowest BCUT2D eigenvalue weighted by Gasteiger charge is -2.36. The third-order valence-corrected chi connectivity index (χ3v) is 9.14. The van der Waals surface area contributed by atoms with E-state index in [1.54, 1.807) is 24.3 Å². The van der Waals surface area contributed by atoms with Crippen LogP contribution < -0.4 is 14.4 Å². The number of hydrogen-bond acceptors (Lipinski definition) is 6. The molecule has 1 amide bonds. The third kappa shape index (κ3) is 6.41. The van der Waals surface area contributed by atoms with Crippen LogP contribution in [0.15, 0.2) is 83.8 Å². The molecule has 1 aliphatic rings. The number of piperazine rings is 1. The van der Waals surface area contributed by atoms with Crippen molar-refractivity contribution in [2.75, 3.05) is 44.2 Å². The van der Waals surface area contributed by atoms with Crippen LogP contribution in [0.5, 0.6) is 5.75 Å². The number of nitrogens with one attached hydrogen (secondary N) is 1. The highest BCUT2D eigenvalue weighted by Gasteiger charge is 2.21. The molecule has 4 aromatic carbocycles. The predicted molar refractivity (Wildman–Crippen MR) is 160 cm³/mol. The van der Waals surface area contributed by atoms with E-state index in [2.05, 4.69) is 14.5 Å². The standard InChI is InChI=1S/C31H32ClN3O4S/c1-22-19-28(20-23(2)30(22)32)39-18-17-34-13-15-35(16-14-34)27-10-7-25(8-11-27)31(36)33-40(37,38)29-12-9-24-5-3-4-6-26(24)21-29/h3-12,19-21H,13-18H2,1-2H3,(H,33,36). The Hall–Kier alpha value is -3.59. The first-order valence-electron chi connectivity index (χ1n) is 13.2.